The van der Waals surface area contributed by atoms with Crippen molar-refractivity contribution in [3.63, 3.8) is 0 Å². The zero-order valence-electron chi connectivity index (χ0n) is 15.8. The first kappa shape index (κ1) is 19.4. The van der Waals surface area contributed by atoms with Crippen LogP contribution in [-0.4, -0.2) is 28.6 Å². The predicted molar refractivity (Wildman–Crippen MR) is 114 cm³/mol. The number of phenols is 1. The Bertz CT molecular complexity index is 990. The average Bonchev–Trinajstić information content (AvgIpc) is 2.69. The first-order valence-electron chi connectivity index (χ1n) is 9.23. The Morgan fingerprint density at radius 2 is 2.07 bits per heavy atom. The van der Waals surface area contributed by atoms with Crippen molar-refractivity contribution in [2.24, 2.45) is 5.73 Å². The van der Waals surface area contributed by atoms with E-state index in [0.717, 1.165) is 29.4 Å². The van der Waals surface area contributed by atoms with Crippen molar-refractivity contribution < 1.29 is 9.90 Å². The Morgan fingerprint density at radius 3 is 2.82 bits per heavy atom. The molecule has 7 N–H and O–H groups in total. The SMILES string of the molecule is CC(CCCN)Nc1cc(C(=O)Nc2ccc(N)c(O)c2)cc2cccnc12. The molecule has 1 atom stereocenters. The number of amides is 1. The largest absolute Gasteiger partial charge is 0.506 e. The zero-order chi connectivity index (χ0) is 20.1. The maximum Gasteiger partial charge on any atom is 0.255 e. The Morgan fingerprint density at radius 1 is 1.25 bits per heavy atom. The number of anilines is 3. The summed E-state index contributed by atoms with van der Waals surface area (Å²) in [5.74, 6) is -0.357. The predicted octanol–water partition coefficient (Wildman–Crippen LogP) is 3.31. The number of nitrogens with one attached hydrogen (secondary N) is 2. The van der Waals surface area contributed by atoms with E-state index in [1.165, 1.54) is 6.07 Å². The summed E-state index contributed by atoms with van der Waals surface area (Å²) in [7, 11) is 0. The fraction of sp³-hybridized carbons (Fsp3) is 0.238. The van der Waals surface area contributed by atoms with Gasteiger partial charge >= 0.3 is 0 Å². The number of aromatic nitrogens is 1. The quantitative estimate of drug-likeness (QED) is 0.317. The van der Waals surface area contributed by atoms with Crippen LogP contribution in [0.2, 0.25) is 0 Å². The van der Waals surface area contributed by atoms with Crippen molar-refractivity contribution >= 4 is 33.9 Å². The molecule has 0 aliphatic rings. The Labute approximate surface area is 163 Å². The van der Waals surface area contributed by atoms with Crippen LogP contribution < -0.4 is 22.1 Å². The van der Waals surface area contributed by atoms with E-state index in [0.29, 0.717) is 17.8 Å². The zero-order valence-corrected chi connectivity index (χ0v) is 15.8. The smallest absolute Gasteiger partial charge is 0.255 e. The number of phenolic OH excluding ortho intramolecular Hbond substituents is 1. The van der Waals surface area contributed by atoms with Gasteiger partial charge in [0.25, 0.3) is 5.91 Å². The first-order valence-corrected chi connectivity index (χ1v) is 9.23. The standard InChI is InChI=1S/C21H25N5O2/c1-13(4-2-8-22)25-18-11-15(10-14-5-3-9-24-20(14)18)21(28)26-16-6-7-17(23)19(27)12-16/h3,5-7,9-13,25,27H,2,4,8,22-23H2,1H3,(H,26,28). The lowest BCUT2D eigenvalue weighted by Gasteiger charge is -2.17. The fourth-order valence-corrected chi connectivity index (χ4v) is 3.02. The number of rotatable bonds is 7. The van der Waals surface area contributed by atoms with Gasteiger partial charge in [0.2, 0.25) is 0 Å². The van der Waals surface area contributed by atoms with Crippen LogP contribution in [0.3, 0.4) is 0 Å². The van der Waals surface area contributed by atoms with Gasteiger partial charge in [-0.25, -0.2) is 0 Å². The molecular formula is C21H25N5O2. The molecule has 0 radical (unpaired) electrons. The van der Waals surface area contributed by atoms with Crippen molar-refractivity contribution in [3.8, 4) is 5.75 Å². The normalized spacial score (nSPS) is 11.9. The van der Waals surface area contributed by atoms with Crippen LogP contribution in [-0.2, 0) is 0 Å². The molecule has 3 rings (SSSR count). The summed E-state index contributed by atoms with van der Waals surface area (Å²) in [6, 6.07) is 12.1. The Hall–Kier alpha value is -3.32. The number of carbonyl (C=O) groups is 1. The number of pyridine rings is 1. The van der Waals surface area contributed by atoms with E-state index in [-0.39, 0.29) is 23.4 Å². The van der Waals surface area contributed by atoms with Crippen molar-refractivity contribution in [1.82, 2.24) is 4.98 Å². The van der Waals surface area contributed by atoms with Crippen molar-refractivity contribution in [1.29, 1.82) is 0 Å². The highest BCUT2D eigenvalue weighted by molar-refractivity contribution is 6.08. The minimum Gasteiger partial charge on any atom is -0.506 e. The summed E-state index contributed by atoms with van der Waals surface area (Å²) in [4.78, 5) is 17.2. The maximum atomic E-state index is 12.8. The molecule has 0 fully saturated rings. The monoisotopic (exact) mass is 379 g/mol. The van der Waals surface area contributed by atoms with Gasteiger partial charge in [0, 0.05) is 34.9 Å². The summed E-state index contributed by atoms with van der Waals surface area (Å²) in [6.45, 7) is 2.72. The molecule has 0 bridgehead atoms. The number of fused-ring (bicyclic) bond motifs is 1. The summed E-state index contributed by atoms with van der Waals surface area (Å²) >= 11 is 0. The molecule has 0 saturated carbocycles. The molecule has 1 aromatic heterocycles. The molecule has 1 unspecified atom stereocenters. The van der Waals surface area contributed by atoms with Crippen LogP contribution in [0.15, 0.2) is 48.7 Å². The number of hydrogen-bond acceptors (Lipinski definition) is 6. The third kappa shape index (κ3) is 4.50. The third-order valence-electron chi connectivity index (χ3n) is 4.50. The van der Waals surface area contributed by atoms with E-state index < -0.39 is 0 Å². The highest BCUT2D eigenvalue weighted by atomic mass is 16.3. The van der Waals surface area contributed by atoms with Crippen LogP contribution in [0, 0.1) is 0 Å². The van der Waals surface area contributed by atoms with Crippen LogP contribution >= 0.6 is 0 Å². The van der Waals surface area contributed by atoms with Gasteiger partial charge in [-0.2, -0.15) is 0 Å². The molecule has 0 saturated heterocycles. The second-order valence-corrected chi connectivity index (χ2v) is 6.80. The van der Waals surface area contributed by atoms with Gasteiger partial charge in [-0.1, -0.05) is 6.07 Å². The molecular weight excluding hydrogens is 354 g/mol. The number of hydrogen-bond donors (Lipinski definition) is 5. The van der Waals surface area contributed by atoms with Gasteiger partial charge in [0.1, 0.15) is 5.75 Å². The number of benzene rings is 2. The number of aromatic hydroxyl groups is 1. The van der Waals surface area contributed by atoms with E-state index in [2.05, 4.69) is 22.5 Å². The minimum atomic E-state index is -0.285. The lowest BCUT2D eigenvalue weighted by Crippen LogP contribution is -2.18. The van der Waals surface area contributed by atoms with Crippen LogP contribution in [0.25, 0.3) is 10.9 Å². The summed E-state index contributed by atoms with van der Waals surface area (Å²) in [6.07, 6.45) is 3.57. The highest BCUT2D eigenvalue weighted by Crippen LogP contribution is 2.27. The van der Waals surface area contributed by atoms with Crippen LogP contribution in [0.4, 0.5) is 17.1 Å². The second kappa shape index (κ2) is 8.58. The molecule has 146 valence electrons. The van der Waals surface area contributed by atoms with Crippen LogP contribution in [0.5, 0.6) is 5.75 Å². The minimum absolute atomic E-state index is 0.0726. The molecule has 1 heterocycles. The first-order chi connectivity index (χ1) is 13.5. The summed E-state index contributed by atoms with van der Waals surface area (Å²) in [5.41, 5.74) is 14.0. The van der Waals surface area contributed by atoms with E-state index in [4.69, 9.17) is 11.5 Å². The van der Waals surface area contributed by atoms with E-state index >= 15 is 0 Å². The van der Waals surface area contributed by atoms with Crippen LogP contribution in [0.1, 0.15) is 30.1 Å². The molecule has 0 aliphatic heterocycles. The van der Waals surface area contributed by atoms with Crippen molar-refractivity contribution in [2.45, 2.75) is 25.8 Å². The van der Waals surface area contributed by atoms with Crippen molar-refractivity contribution in [2.75, 3.05) is 22.9 Å². The number of carbonyl (C=O) groups excluding carboxylic acids is 1. The van der Waals surface area contributed by atoms with E-state index in [9.17, 15) is 9.90 Å². The molecule has 3 aromatic rings. The molecule has 0 spiro atoms. The number of nitrogen functional groups attached to an aromatic ring is 1. The molecule has 7 nitrogen and oxygen atoms in total. The van der Waals surface area contributed by atoms with E-state index in [1.807, 2.05) is 12.1 Å². The van der Waals surface area contributed by atoms with Gasteiger partial charge in [-0.3, -0.25) is 9.78 Å². The molecule has 28 heavy (non-hydrogen) atoms. The summed E-state index contributed by atoms with van der Waals surface area (Å²) < 4.78 is 0. The van der Waals surface area contributed by atoms with Gasteiger partial charge in [-0.05, 0) is 56.6 Å². The summed E-state index contributed by atoms with van der Waals surface area (Å²) in [5, 5.41) is 16.8. The maximum absolute atomic E-state index is 12.8. The number of nitrogens with two attached hydrogens (primary N) is 2. The lowest BCUT2D eigenvalue weighted by atomic mass is 10.1. The second-order valence-electron chi connectivity index (χ2n) is 6.80. The molecule has 1 amide bonds. The van der Waals surface area contributed by atoms with Crippen molar-refractivity contribution in [3.05, 3.63) is 54.2 Å². The molecule has 0 aliphatic carbocycles. The highest BCUT2D eigenvalue weighted by Gasteiger charge is 2.13. The molecule has 7 heteroatoms. The third-order valence-corrected chi connectivity index (χ3v) is 4.50. The van der Waals surface area contributed by atoms with E-state index in [1.54, 1.807) is 30.5 Å². The average molecular weight is 379 g/mol. The van der Waals surface area contributed by atoms with Gasteiger partial charge in [0.15, 0.2) is 0 Å². The lowest BCUT2D eigenvalue weighted by molar-refractivity contribution is 0.102. The Balaban J connectivity index is 1.89. The van der Waals surface area contributed by atoms with Gasteiger partial charge in [0.05, 0.1) is 16.9 Å². The fourth-order valence-electron chi connectivity index (χ4n) is 3.02. The van der Waals surface area contributed by atoms with Gasteiger partial charge < -0.3 is 27.2 Å². The molecule has 2 aromatic carbocycles. The topological polar surface area (TPSA) is 126 Å². The van der Waals surface area contributed by atoms with Gasteiger partial charge in [-0.15, -0.1) is 0 Å². The number of nitrogens with zero attached hydrogens (tertiary/aromatic N) is 1. The Kier molecular flexibility index (Phi) is 5.96.